The largest absolute Gasteiger partial charge is 0.432 e. The predicted molar refractivity (Wildman–Crippen MR) is 263 cm³/mol. The molecular formula is C54H88O23. The molecule has 23 nitrogen and oxygen atoms in total. The zero-order valence-corrected chi connectivity index (χ0v) is 45.3. The Morgan fingerprint density at radius 2 is 1.16 bits per heavy atom. The number of hydrogen-bond donors (Lipinski definition) is 14. The Hall–Kier alpha value is -1.63. The van der Waals surface area contributed by atoms with Crippen molar-refractivity contribution in [2.45, 2.75) is 242 Å². The summed E-state index contributed by atoms with van der Waals surface area (Å²) in [5.74, 6) is -0.744. The average molecular weight is 1110 g/mol. The smallest absolute Gasteiger partial charge is 0.315 e. The van der Waals surface area contributed by atoms with E-state index in [2.05, 4.69) is 40.7 Å². The Labute approximate surface area is 449 Å². The third-order valence-electron chi connectivity index (χ3n) is 21.5. The quantitative estimate of drug-likeness (QED) is 0.0569. The van der Waals surface area contributed by atoms with Gasteiger partial charge in [-0.15, -0.1) is 0 Å². The van der Waals surface area contributed by atoms with Crippen LogP contribution < -0.4 is 0 Å². The summed E-state index contributed by atoms with van der Waals surface area (Å²) in [5, 5.41) is 150. The van der Waals surface area contributed by atoms with Gasteiger partial charge in [-0.3, -0.25) is 4.79 Å². The molecule has 14 N–H and O–H groups in total. The summed E-state index contributed by atoms with van der Waals surface area (Å²) in [5.41, 5.74) is -1.70. The highest BCUT2D eigenvalue weighted by molar-refractivity contribution is 5.79. The van der Waals surface area contributed by atoms with Gasteiger partial charge >= 0.3 is 5.97 Å². The number of ether oxygens (including phenoxy) is 8. The lowest BCUT2D eigenvalue weighted by molar-refractivity contribution is -0.361. The van der Waals surface area contributed by atoms with E-state index in [1.807, 2.05) is 6.92 Å². The van der Waals surface area contributed by atoms with Gasteiger partial charge in [0, 0.05) is 5.41 Å². The Morgan fingerprint density at radius 1 is 0.584 bits per heavy atom. The van der Waals surface area contributed by atoms with Crippen LogP contribution in [0.2, 0.25) is 0 Å². The Balaban J connectivity index is 0.899. The van der Waals surface area contributed by atoms with Gasteiger partial charge in [0.25, 0.3) is 0 Å². The van der Waals surface area contributed by atoms with Crippen molar-refractivity contribution in [3.63, 3.8) is 0 Å². The van der Waals surface area contributed by atoms with E-state index in [9.17, 15) is 71.5 Å². The van der Waals surface area contributed by atoms with E-state index in [0.717, 1.165) is 19.3 Å². The predicted octanol–water partition coefficient (Wildman–Crippen LogP) is -2.04. The van der Waals surface area contributed by atoms with Gasteiger partial charge < -0.3 is 109 Å². The molecule has 9 rings (SSSR count). The van der Waals surface area contributed by atoms with Crippen molar-refractivity contribution in [2.24, 2.45) is 50.2 Å². The minimum absolute atomic E-state index is 0.0249. The molecule has 5 aliphatic carbocycles. The second-order valence-corrected chi connectivity index (χ2v) is 26.1. The molecule has 0 radical (unpaired) electrons. The second kappa shape index (κ2) is 21.8. The number of carbonyl (C=O) groups excluding carboxylic acids is 1. The Morgan fingerprint density at radius 3 is 1.81 bits per heavy atom. The number of aliphatic hydroxyl groups excluding tert-OH is 14. The molecule has 23 heteroatoms. The van der Waals surface area contributed by atoms with Crippen LogP contribution in [0.4, 0.5) is 0 Å². The summed E-state index contributed by atoms with van der Waals surface area (Å²) >= 11 is 0. The highest BCUT2D eigenvalue weighted by atomic mass is 16.8. The number of hydrogen-bond acceptors (Lipinski definition) is 23. The number of carbonyl (C=O) groups is 1. The molecule has 0 aromatic carbocycles. The fraction of sp³-hybridized carbons (Fsp3) is 0.944. The maximum absolute atomic E-state index is 15.1. The van der Waals surface area contributed by atoms with Crippen molar-refractivity contribution in [1.29, 1.82) is 0 Å². The molecule has 442 valence electrons. The van der Waals surface area contributed by atoms with Gasteiger partial charge in [0.05, 0.1) is 44.1 Å². The molecule has 0 aromatic rings. The zero-order chi connectivity index (χ0) is 56.3. The molecule has 0 spiro atoms. The van der Waals surface area contributed by atoms with E-state index in [4.69, 9.17) is 37.9 Å². The van der Waals surface area contributed by atoms with E-state index >= 15 is 4.79 Å². The normalized spacial score (nSPS) is 54.7. The number of rotatable bonds is 12. The van der Waals surface area contributed by atoms with E-state index < -0.39 is 166 Å². The van der Waals surface area contributed by atoms with Crippen molar-refractivity contribution < 1.29 is 114 Å². The van der Waals surface area contributed by atoms with Crippen LogP contribution in [0.1, 0.15) is 113 Å². The fourth-order valence-corrected chi connectivity index (χ4v) is 16.4. The lowest BCUT2D eigenvalue weighted by Crippen LogP contribution is -2.67. The molecule has 0 aromatic heterocycles. The van der Waals surface area contributed by atoms with Gasteiger partial charge in [-0.25, -0.2) is 0 Å². The van der Waals surface area contributed by atoms with Crippen molar-refractivity contribution in [3.8, 4) is 0 Å². The van der Waals surface area contributed by atoms with Gasteiger partial charge in [-0.1, -0.05) is 53.2 Å². The fourth-order valence-electron chi connectivity index (χ4n) is 16.4. The molecule has 0 unspecified atom stereocenters. The van der Waals surface area contributed by atoms with E-state index in [1.54, 1.807) is 0 Å². The van der Waals surface area contributed by atoms with Crippen molar-refractivity contribution in [2.75, 3.05) is 26.4 Å². The maximum atomic E-state index is 15.1. The van der Waals surface area contributed by atoms with Crippen LogP contribution in [0.25, 0.3) is 0 Å². The van der Waals surface area contributed by atoms with Gasteiger partial charge in [0.15, 0.2) is 18.9 Å². The number of fused-ring (bicyclic) bond motifs is 7. The van der Waals surface area contributed by atoms with E-state index in [1.165, 1.54) is 12.5 Å². The Bertz CT molecular complexity index is 2110. The third-order valence-corrected chi connectivity index (χ3v) is 21.5. The topological polar surface area (TPSA) is 374 Å². The van der Waals surface area contributed by atoms with Gasteiger partial charge in [-0.2, -0.15) is 0 Å². The molecule has 77 heavy (non-hydrogen) atoms. The monoisotopic (exact) mass is 1100 g/mol. The summed E-state index contributed by atoms with van der Waals surface area (Å²) in [6.45, 7) is 12.6. The highest BCUT2D eigenvalue weighted by Crippen LogP contribution is 2.76. The molecule has 0 bridgehead atoms. The van der Waals surface area contributed by atoms with Gasteiger partial charge in [0.1, 0.15) is 91.6 Å². The molecule has 4 heterocycles. The van der Waals surface area contributed by atoms with Crippen LogP contribution in [0.15, 0.2) is 11.6 Å². The van der Waals surface area contributed by atoms with Gasteiger partial charge in [0.2, 0.25) is 6.29 Å². The SMILES string of the molecule is C[C@@H]1O[C@@H](O[C@H]2[C@H](O)[C@@H](O)[C@H](OC[C@H]3O[C@@H](OC(=O)[C@]45CCC(C)(C)C[C@@H]4C4=CC[C@@H]6[C@@]7(C)CC[C@H](O[C@@H]8O[C@H](CO)[C@@H](O)[C@H](O)[C@H]8O)[C@@](C)(CO)[C@@H]7CC[C@@]6(C)[C@]4(C)CC5)[C@H](O)[C@@H](O)[C@@H]3O)O[C@@H]2CO)[C@H](O)[C@H](O)[C@H]1O. The summed E-state index contributed by atoms with van der Waals surface area (Å²) in [7, 11) is 0. The lowest BCUT2D eigenvalue weighted by Gasteiger charge is -2.71. The van der Waals surface area contributed by atoms with Crippen LogP contribution in [0, 0.1) is 50.2 Å². The minimum Gasteiger partial charge on any atom is -0.432 e. The number of aliphatic hydroxyl groups is 14. The van der Waals surface area contributed by atoms with Crippen LogP contribution in [0.3, 0.4) is 0 Å². The molecule has 4 saturated heterocycles. The van der Waals surface area contributed by atoms with Crippen molar-refractivity contribution >= 4 is 5.97 Å². The first-order valence-corrected chi connectivity index (χ1v) is 27.9. The third kappa shape index (κ3) is 9.80. The average Bonchev–Trinajstić information content (AvgIpc) is 3.53. The number of esters is 1. The zero-order valence-electron chi connectivity index (χ0n) is 45.3. The summed E-state index contributed by atoms with van der Waals surface area (Å²) < 4.78 is 47.1. The molecule has 8 fully saturated rings. The van der Waals surface area contributed by atoms with Gasteiger partial charge in [-0.05, 0) is 111 Å². The molecule has 4 aliphatic heterocycles. The molecular weight excluding hydrogens is 1020 g/mol. The molecule has 29 atom stereocenters. The standard InChI is InChI=1S/C54H88O23/c1-23-32(58)35(61)39(65)45(71-23)76-43-27(20-56)73-44(42(68)38(43)64)70-21-28-34(60)37(63)41(67)47(74-28)77-48(69)54-16-14-49(2,3)18-25(54)24-8-9-30-50(4)12-11-31(75-46-40(66)36(62)33(59)26(19-55)72-46)51(5,22-57)29(50)10-13-53(30,7)52(24,6)15-17-54/h8,23,25-47,55-68H,9-22H2,1-7H3/t23-,25+,26+,27+,28+,29+,30+,31-,32-,33+,34+,35+,36-,37-,38+,39+,40+,41+,42+,43+,44+,45-,46-,47-,50-,51-,52+,53+,54-/m0/s1. The highest BCUT2D eigenvalue weighted by Gasteiger charge is 2.71. The van der Waals surface area contributed by atoms with Crippen LogP contribution >= 0.6 is 0 Å². The van der Waals surface area contributed by atoms with Crippen LogP contribution in [-0.2, 0) is 42.7 Å². The second-order valence-electron chi connectivity index (χ2n) is 26.1. The Kier molecular flexibility index (Phi) is 17.0. The van der Waals surface area contributed by atoms with Crippen LogP contribution in [0.5, 0.6) is 0 Å². The van der Waals surface area contributed by atoms with E-state index in [-0.39, 0.29) is 46.0 Å². The first-order valence-electron chi connectivity index (χ1n) is 27.9. The number of allylic oxidation sites excluding steroid dienone is 2. The first-order chi connectivity index (χ1) is 36.1. The molecule has 0 amide bonds. The van der Waals surface area contributed by atoms with Crippen molar-refractivity contribution in [3.05, 3.63) is 11.6 Å². The first kappa shape index (κ1) is 60.0. The van der Waals surface area contributed by atoms with E-state index in [0.29, 0.717) is 44.9 Å². The summed E-state index contributed by atoms with van der Waals surface area (Å²) in [6, 6.07) is 0. The molecule has 9 aliphatic rings. The summed E-state index contributed by atoms with van der Waals surface area (Å²) in [6.07, 6.45) is -23.6. The minimum atomic E-state index is -1.89. The van der Waals surface area contributed by atoms with Crippen molar-refractivity contribution in [1.82, 2.24) is 0 Å². The molecule has 4 saturated carbocycles. The summed E-state index contributed by atoms with van der Waals surface area (Å²) in [4.78, 5) is 15.1. The van der Waals surface area contributed by atoms with Crippen LogP contribution in [-0.4, -0.2) is 233 Å². The maximum Gasteiger partial charge on any atom is 0.315 e. The lowest BCUT2D eigenvalue weighted by atomic mass is 9.33.